The summed E-state index contributed by atoms with van der Waals surface area (Å²) in [5, 5.41) is 24.1. The van der Waals surface area contributed by atoms with Crippen molar-refractivity contribution < 1.29 is 29.0 Å². The van der Waals surface area contributed by atoms with Gasteiger partial charge in [0.25, 0.3) is 0 Å². The smallest absolute Gasteiger partial charge is 0.318 e. The number of nitrogens with zero attached hydrogens (tertiary/aromatic N) is 8. The standard InChI is InChI=1S/C22H31N3O2.C22H31N3O.2C20H29N3O/c26-22(21-18-10-17-11-19(21)15-25(27,13-17)14-18)23-20-7-9-24(12-20)8-6-16-4-2-1-3-5-16;26-22(21-18-10-17-11-19(21)14-25(12-17)13-18)23-20-7-9-24(15-20)8-6-16-4-2-1-3-5-16;24-20(23-18-7-4-8-19(23)10-9-18)21-17-12-14-22(15-17)13-11-16-5-2-1-3-6-16;24-20(23-13-17-6-7-18(12-17)14-23)21-19-9-11-22(15-19)10-8-16-4-2-1-3-5-16/h1-5,17-21,27H,6-15H2;1-5,17-21H,6-15H2,(H,23,26);1-3,5-6,17-19H,4,7-15H2,(H,21,24);1-5,17-19H,6-15H2,(H,21,24)/p+1/t17?,18?,19?,20-,21?,25?;17?,18?,19?,20-,21?;17-,18?,19?;17?,18?,19-/m0000/s1. The zero-order valence-corrected chi connectivity index (χ0v) is 60.7. The van der Waals surface area contributed by atoms with Crippen LogP contribution in [0.2, 0.25) is 0 Å². The molecule has 8 unspecified atom stereocenters. The summed E-state index contributed by atoms with van der Waals surface area (Å²) in [4.78, 5) is 68.2. The molecule has 5 N–H and O–H groups in total. The topological polar surface area (TPSA) is 159 Å². The first-order chi connectivity index (χ1) is 49.4. The molecule has 0 spiro atoms. The number of benzene rings is 4. The van der Waals surface area contributed by atoms with Gasteiger partial charge >= 0.3 is 12.1 Å². The molecule has 12 atom stereocenters. The molecule has 13 aliphatic heterocycles. The lowest BCUT2D eigenvalue weighted by Crippen LogP contribution is -2.69. The molecule has 0 aromatic heterocycles. The van der Waals surface area contributed by atoms with Crippen LogP contribution in [0, 0.1) is 59.2 Å². The van der Waals surface area contributed by atoms with Gasteiger partial charge in [-0.2, -0.15) is 4.65 Å². The molecule has 0 radical (unpaired) electrons. The van der Waals surface area contributed by atoms with Gasteiger partial charge in [-0.05, 0) is 180 Å². The van der Waals surface area contributed by atoms with Crippen molar-refractivity contribution in [1.82, 2.24) is 55.6 Å². The molecular weight excluding hydrogens is 1260 g/mol. The molecule has 20 rings (SSSR count). The van der Waals surface area contributed by atoms with Crippen molar-refractivity contribution >= 4 is 23.9 Å². The van der Waals surface area contributed by atoms with E-state index in [9.17, 15) is 24.4 Å². The summed E-state index contributed by atoms with van der Waals surface area (Å²) in [6, 6.07) is 45.4. The molecule has 13 heterocycles. The van der Waals surface area contributed by atoms with E-state index in [0.717, 1.165) is 193 Å². The highest BCUT2D eigenvalue weighted by Gasteiger charge is 2.59. The summed E-state index contributed by atoms with van der Waals surface area (Å²) in [7, 11) is 0. The number of nitrogens with one attached hydrogen (secondary N) is 4. The fourth-order valence-corrected chi connectivity index (χ4v) is 22.3. The maximum Gasteiger partial charge on any atom is 0.318 e. The minimum Gasteiger partial charge on any atom is -0.352 e. The van der Waals surface area contributed by atoms with Crippen molar-refractivity contribution in [3.05, 3.63) is 144 Å². The van der Waals surface area contributed by atoms with Gasteiger partial charge in [0.1, 0.15) is 19.6 Å². The zero-order valence-electron chi connectivity index (χ0n) is 60.7. The van der Waals surface area contributed by atoms with Crippen LogP contribution in [0.3, 0.4) is 0 Å². The molecule has 101 heavy (non-hydrogen) atoms. The van der Waals surface area contributed by atoms with Gasteiger partial charge in [0.15, 0.2) is 0 Å². The van der Waals surface area contributed by atoms with Gasteiger partial charge in [-0.3, -0.25) is 9.59 Å². The summed E-state index contributed by atoms with van der Waals surface area (Å²) < 4.78 is 0.237. The van der Waals surface area contributed by atoms with E-state index < -0.39 is 0 Å². The second-order valence-corrected chi connectivity index (χ2v) is 34.3. The Labute approximate surface area is 603 Å². The maximum absolute atomic E-state index is 13.1. The fraction of sp³-hybridized carbons (Fsp3) is 0.667. The van der Waals surface area contributed by atoms with Gasteiger partial charge in [-0.1, -0.05) is 121 Å². The zero-order chi connectivity index (χ0) is 68.7. The molecule has 3 aliphatic carbocycles. The number of rotatable bonds is 18. The Morgan fingerprint density at radius 2 is 0.743 bits per heavy atom. The maximum atomic E-state index is 13.1. The SMILES string of the molecule is O=C(N[C@H]1CCN(CCc2ccccc2)C1)C1C2CC3CC1CN(C3)C2.O=C(N[C@H]1CCN(CCc2ccccc2)C1)C1C2CC3CC1C[N+](O)(C3)C2.O=C(N[C@H]1CCN(CCc2ccccc2)C1)N1C2CCCC1CC2.O=C(N[C@H]1CCN(CCc2ccccc2)C1)N1CC2CCC(C2)C1. The molecular formula is C84H121N12O5+. The van der Waals surface area contributed by atoms with Crippen LogP contribution >= 0.6 is 0 Å². The number of hydrogen-bond donors (Lipinski definition) is 5. The van der Waals surface area contributed by atoms with E-state index in [1.807, 2.05) is 0 Å². The van der Waals surface area contributed by atoms with Crippen molar-refractivity contribution in [1.29, 1.82) is 0 Å². The Morgan fingerprint density at radius 3 is 1.14 bits per heavy atom. The minimum absolute atomic E-state index is 0.137. The van der Waals surface area contributed by atoms with Crippen LogP contribution in [0.15, 0.2) is 121 Å². The lowest BCUT2D eigenvalue weighted by molar-refractivity contribution is -1.12. The summed E-state index contributed by atoms with van der Waals surface area (Å²) >= 11 is 0. The van der Waals surface area contributed by atoms with Gasteiger partial charge in [-0.25, -0.2) is 14.8 Å². The second-order valence-electron chi connectivity index (χ2n) is 34.3. The molecule has 3 saturated carbocycles. The first-order valence-electron chi connectivity index (χ1n) is 40.5. The summed E-state index contributed by atoms with van der Waals surface area (Å²) in [6.45, 7) is 20.8. The largest absolute Gasteiger partial charge is 0.352 e. The number of piperidine rings is 8. The molecule has 17 nitrogen and oxygen atoms in total. The van der Waals surface area contributed by atoms with Crippen LogP contribution in [0.5, 0.6) is 0 Å². The predicted octanol–water partition coefficient (Wildman–Crippen LogP) is 9.69. The van der Waals surface area contributed by atoms with Crippen LogP contribution in [-0.2, 0) is 35.3 Å². The molecule has 12 bridgehead atoms. The average Bonchev–Trinajstić information content (AvgIpc) is 1.22. The monoisotopic (exact) mass is 1380 g/mol. The summed E-state index contributed by atoms with van der Waals surface area (Å²) in [6.07, 6.45) is 23.7. The average molecular weight is 1380 g/mol. The molecule has 17 heteroatoms. The molecule has 4 aromatic rings. The second kappa shape index (κ2) is 33.0. The number of quaternary nitrogens is 1. The number of urea groups is 2. The van der Waals surface area contributed by atoms with E-state index in [2.05, 4.69) is 177 Å². The lowest BCUT2D eigenvalue weighted by atomic mass is 9.61. The number of fused-ring (bicyclic) bond motifs is 4. The highest BCUT2D eigenvalue weighted by molar-refractivity contribution is 5.81. The molecule has 16 fully saturated rings. The minimum atomic E-state index is 0.137. The number of amides is 6. The number of carbonyl (C=O) groups excluding carboxylic acids is 4. The van der Waals surface area contributed by atoms with E-state index >= 15 is 0 Å². The van der Waals surface area contributed by atoms with Crippen molar-refractivity contribution in [2.75, 3.05) is 131 Å². The van der Waals surface area contributed by atoms with Crippen LogP contribution in [-0.4, -0.2) is 235 Å². The Balaban J connectivity index is 0.000000109. The Hall–Kier alpha value is -5.92. The lowest BCUT2D eigenvalue weighted by Gasteiger charge is -2.56. The van der Waals surface area contributed by atoms with Gasteiger partial charge in [-0.15, -0.1) is 0 Å². The third kappa shape index (κ3) is 18.2. The normalized spacial score (nSPS) is 34.9. The quantitative estimate of drug-likeness (QED) is 0.0608. The Bertz CT molecular complexity index is 3260. The highest BCUT2D eigenvalue weighted by Crippen LogP contribution is 2.50. The first kappa shape index (κ1) is 70.7. The Kier molecular flexibility index (Phi) is 23.1. The van der Waals surface area contributed by atoms with Crippen molar-refractivity contribution in [2.24, 2.45) is 59.2 Å². The van der Waals surface area contributed by atoms with Crippen LogP contribution in [0.4, 0.5) is 9.59 Å². The van der Waals surface area contributed by atoms with E-state index in [4.69, 9.17) is 0 Å². The van der Waals surface area contributed by atoms with E-state index in [1.54, 1.807) is 0 Å². The number of carbonyl (C=O) groups is 4. The van der Waals surface area contributed by atoms with Gasteiger partial charge in [0.2, 0.25) is 11.8 Å². The highest BCUT2D eigenvalue weighted by atomic mass is 16.5. The number of hydrogen-bond acceptors (Lipinski definition) is 10. The molecule has 6 amide bonds. The molecule has 13 saturated heterocycles. The fourth-order valence-electron chi connectivity index (χ4n) is 22.3. The van der Waals surface area contributed by atoms with Gasteiger partial charge in [0.05, 0.1) is 5.92 Å². The van der Waals surface area contributed by atoms with Gasteiger partial charge < -0.3 is 55.6 Å². The first-order valence-corrected chi connectivity index (χ1v) is 40.5. The van der Waals surface area contributed by atoms with Crippen molar-refractivity contribution in [3.8, 4) is 0 Å². The number of hydroxylamine groups is 3. The van der Waals surface area contributed by atoms with E-state index in [1.165, 1.54) is 106 Å². The Morgan fingerprint density at radius 1 is 0.366 bits per heavy atom. The van der Waals surface area contributed by atoms with Crippen molar-refractivity contribution in [2.45, 2.75) is 165 Å². The van der Waals surface area contributed by atoms with Crippen LogP contribution in [0.1, 0.15) is 125 Å². The van der Waals surface area contributed by atoms with Crippen LogP contribution in [0.25, 0.3) is 0 Å². The molecule has 546 valence electrons. The molecule has 4 aromatic carbocycles. The molecule has 16 aliphatic rings. The third-order valence-corrected chi connectivity index (χ3v) is 26.9. The van der Waals surface area contributed by atoms with E-state index in [0.29, 0.717) is 77.7 Å². The van der Waals surface area contributed by atoms with Crippen molar-refractivity contribution in [3.63, 3.8) is 0 Å². The summed E-state index contributed by atoms with van der Waals surface area (Å²) in [5.41, 5.74) is 5.59. The third-order valence-electron chi connectivity index (χ3n) is 26.9. The predicted molar refractivity (Wildman–Crippen MR) is 398 cm³/mol. The summed E-state index contributed by atoms with van der Waals surface area (Å²) in [5.74, 6) is 6.12. The van der Waals surface area contributed by atoms with E-state index in [-0.39, 0.29) is 28.5 Å². The van der Waals surface area contributed by atoms with Gasteiger partial charge in [0, 0.05) is 171 Å². The number of likely N-dealkylation sites (tertiary alicyclic amines) is 5. The van der Waals surface area contributed by atoms with Crippen LogP contribution < -0.4 is 21.3 Å².